The molecule has 2 fully saturated rings. The number of rotatable bonds is 11. The number of methoxy groups -OCH3 is 2. The SMILES string of the molecule is COc1cc(C(=O)O)ccc1OC(=O)c1ccc(O[C@@H]2O[C@H](CO)[C@@H](O)[C@H](O)[C@H]2O[C@@H]2OC[C@](O)(CO)[C@H]2O)c(OC)c1. The number of ether oxygens (including phenoxy) is 7. The first kappa shape index (κ1) is 32.3. The number of hydrogen-bond acceptors (Lipinski definition) is 15. The fourth-order valence-electron chi connectivity index (χ4n) is 4.42. The first-order valence-corrected chi connectivity index (χ1v) is 12.8. The van der Waals surface area contributed by atoms with Gasteiger partial charge >= 0.3 is 11.9 Å². The molecule has 0 aromatic heterocycles. The second-order valence-electron chi connectivity index (χ2n) is 9.74. The van der Waals surface area contributed by atoms with Gasteiger partial charge in [-0.25, -0.2) is 9.59 Å². The summed E-state index contributed by atoms with van der Waals surface area (Å²) >= 11 is 0. The van der Waals surface area contributed by atoms with Crippen LogP contribution in [0.5, 0.6) is 23.0 Å². The van der Waals surface area contributed by atoms with Crippen molar-refractivity contribution in [3.05, 3.63) is 47.5 Å². The molecule has 0 spiro atoms. The van der Waals surface area contributed by atoms with Gasteiger partial charge in [-0.2, -0.15) is 0 Å². The van der Waals surface area contributed by atoms with Crippen LogP contribution in [0.2, 0.25) is 0 Å². The molecule has 236 valence electrons. The van der Waals surface area contributed by atoms with Crippen LogP contribution in [0.4, 0.5) is 0 Å². The van der Waals surface area contributed by atoms with Crippen molar-refractivity contribution in [1.82, 2.24) is 0 Å². The highest BCUT2D eigenvalue weighted by atomic mass is 16.8. The van der Waals surface area contributed by atoms with Crippen molar-refractivity contribution in [1.29, 1.82) is 0 Å². The summed E-state index contributed by atoms with van der Waals surface area (Å²) in [5, 5.41) is 70.0. The maximum absolute atomic E-state index is 12.9. The predicted octanol–water partition coefficient (Wildman–Crippen LogP) is -1.74. The Labute approximate surface area is 244 Å². The minimum absolute atomic E-state index is 0.00799. The largest absolute Gasteiger partial charge is 0.493 e. The topological polar surface area (TPSA) is 240 Å². The van der Waals surface area contributed by atoms with Crippen LogP contribution in [0.15, 0.2) is 36.4 Å². The second kappa shape index (κ2) is 13.4. The molecule has 0 unspecified atom stereocenters. The molecule has 0 amide bonds. The first-order chi connectivity index (χ1) is 20.5. The fourth-order valence-corrected chi connectivity index (χ4v) is 4.42. The van der Waals surface area contributed by atoms with E-state index in [0.29, 0.717) is 0 Å². The van der Waals surface area contributed by atoms with E-state index in [4.69, 9.17) is 38.3 Å². The van der Waals surface area contributed by atoms with E-state index in [2.05, 4.69) is 0 Å². The normalized spacial score (nSPS) is 30.5. The minimum atomic E-state index is -2.04. The summed E-state index contributed by atoms with van der Waals surface area (Å²) in [6.07, 6.45) is -11.1. The lowest BCUT2D eigenvalue weighted by Gasteiger charge is -2.42. The van der Waals surface area contributed by atoms with Gasteiger partial charge < -0.3 is 68.9 Å². The number of carboxylic acid groups (broad SMARTS) is 1. The van der Waals surface area contributed by atoms with Crippen LogP contribution in [0.25, 0.3) is 0 Å². The Morgan fingerprint density at radius 3 is 2.14 bits per heavy atom. The van der Waals surface area contributed by atoms with Gasteiger partial charge in [-0.1, -0.05) is 0 Å². The molecule has 43 heavy (non-hydrogen) atoms. The molecule has 0 bridgehead atoms. The van der Waals surface area contributed by atoms with Gasteiger partial charge in [-0.3, -0.25) is 0 Å². The van der Waals surface area contributed by atoms with Crippen LogP contribution in [-0.2, 0) is 14.2 Å². The molecule has 0 aliphatic carbocycles. The average molecular weight is 613 g/mol. The van der Waals surface area contributed by atoms with Crippen LogP contribution in [0.3, 0.4) is 0 Å². The maximum Gasteiger partial charge on any atom is 0.343 e. The Balaban J connectivity index is 1.55. The standard InChI is InChI=1S/C27H32O16/c1-37-16-7-12(23(33)34)3-5-14(16)40-24(35)13-4-6-15(17(8-13)38-2)41-25-21(20(31)19(30)18(9-28)42-25)43-26-22(32)27(36,10-29)11-39-26/h3-8,18-22,25-26,28-32,36H,9-11H2,1-2H3,(H,33,34)/t18-,19-,20+,21-,22+,25-,26+,27-/m1/s1. The van der Waals surface area contributed by atoms with Crippen molar-refractivity contribution in [2.24, 2.45) is 0 Å². The van der Waals surface area contributed by atoms with E-state index < -0.39 is 80.5 Å². The van der Waals surface area contributed by atoms with Gasteiger partial charge in [0.2, 0.25) is 6.29 Å². The number of aliphatic hydroxyl groups excluding tert-OH is 5. The van der Waals surface area contributed by atoms with Crippen LogP contribution in [-0.4, -0.2) is 130 Å². The summed E-state index contributed by atoms with van der Waals surface area (Å²) in [4.78, 5) is 24.1. The van der Waals surface area contributed by atoms with Crippen molar-refractivity contribution in [2.75, 3.05) is 34.0 Å². The molecule has 2 aliphatic rings. The van der Waals surface area contributed by atoms with Crippen LogP contribution in [0.1, 0.15) is 20.7 Å². The van der Waals surface area contributed by atoms with Crippen molar-refractivity contribution in [3.8, 4) is 23.0 Å². The number of carbonyl (C=O) groups is 2. The predicted molar refractivity (Wildman–Crippen MR) is 139 cm³/mol. The molecule has 0 radical (unpaired) electrons. The molecule has 2 aromatic carbocycles. The Morgan fingerprint density at radius 2 is 1.53 bits per heavy atom. The number of benzene rings is 2. The highest BCUT2D eigenvalue weighted by Crippen LogP contribution is 2.36. The summed E-state index contributed by atoms with van der Waals surface area (Å²) in [7, 11) is 2.55. The molecule has 2 saturated heterocycles. The van der Waals surface area contributed by atoms with Gasteiger partial charge in [-0.15, -0.1) is 0 Å². The van der Waals surface area contributed by atoms with Crippen molar-refractivity contribution in [2.45, 2.75) is 48.7 Å². The number of hydrogen-bond donors (Lipinski definition) is 7. The van der Waals surface area contributed by atoms with Gasteiger partial charge in [0.15, 0.2) is 35.4 Å². The average Bonchev–Trinajstić information content (AvgIpc) is 3.29. The molecule has 7 N–H and O–H groups in total. The summed E-state index contributed by atoms with van der Waals surface area (Å²) in [6, 6.07) is 7.55. The van der Waals surface area contributed by atoms with Crippen molar-refractivity contribution in [3.63, 3.8) is 0 Å². The highest BCUT2D eigenvalue weighted by molar-refractivity contribution is 5.93. The van der Waals surface area contributed by atoms with Gasteiger partial charge in [0.25, 0.3) is 0 Å². The van der Waals surface area contributed by atoms with E-state index in [0.717, 1.165) is 0 Å². The molecule has 0 saturated carbocycles. The Hall–Kier alpha value is -3.58. The van der Waals surface area contributed by atoms with E-state index in [-0.39, 0.29) is 34.1 Å². The Kier molecular flexibility index (Phi) is 10.1. The monoisotopic (exact) mass is 612 g/mol. The molecule has 16 heteroatoms. The fraction of sp³-hybridized carbons (Fsp3) is 0.481. The quantitative estimate of drug-likeness (QED) is 0.110. The minimum Gasteiger partial charge on any atom is -0.493 e. The lowest BCUT2D eigenvalue weighted by atomic mass is 9.98. The maximum atomic E-state index is 12.9. The first-order valence-electron chi connectivity index (χ1n) is 12.8. The second-order valence-corrected chi connectivity index (χ2v) is 9.74. The zero-order valence-corrected chi connectivity index (χ0v) is 22.9. The van der Waals surface area contributed by atoms with Gasteiger partial charge in [0.1, 0.15) is 30.0 Å². The van der Waals surface area contributed by atoms with E-state index in [1.165, 1.54) is 50.6 Å². The Morgan fingerprint density at radius 1 is 0.907 bits per heavy atom. The van der Waals surface area contributed by atoms with E-state index in [9.17, 15) is 40.2 Å². The lowest BCUT2D eigenvalue weighted by Crippen LogP contribution is -2.62. The number of aromatic carboxylic acids is 1. The van der Waals surface area contributed by atoms with Crippen LogP contribution in [0, 0.1) is 0 Å². The van der Waals surface area contributed by atoms with E-state index in [1.807, 2.05) is 0 Å². The number of carbonyl (C=O) groups excluding carboxylic acids is 1. The number of esters is 1. The van der Waals surface area contributed by atoms with E-state index >= 15 is 0 Å². The molecule has 16 nitrogen and oxygen atoms in total. The summed E-state index contributed by atoms with van der Waals surface area (Å²) in [5.74, 6) is -2.15. The zero-order valence-electron chi connectivity index (χ0n) is 22.9. The third-order valence-electron chi connectivity index (χ3n) is 6.95. The molecular weight excluding hydrogens is 580 g/mol. The number of carboxylic acids is 1. The summed E-state index contributed by atoms with van der Waals surface area (Å²) in [5.41, 5.74) is -2.13. The molecule has 8 atom stereocenters. The van der Waals surface area contributed by atoms with Crippen molar-refractivity contribution < 1.29 is 78.5 Å². The molecule has 2 aromatic rings. The smallest absolute Gasteiger partial charge is 0.343 e. The van der Waals surface area contributed by atoms with Crippen LogP contribution >= 0.6 is 0 Å². The Bertz CT molecular complexity index is 1300. The van der Waals surface area contributed by atoms with Gasteiger partial charge in [-0.05, 0) is 36.4 Å². The summed E-state index contributed by atoms with van der Waals surface area (Å²) < 4.78 is 38.1. The highest BCUT2D eigenvalue weighted by Gasteiger charge is 2.53. The molecule has 2 heterocycles. The number of aliphatic hydroxyl groups is 6. The molecular formula is C27H32O16. The van der Waals surface area contributed by atoms with Gasteiger partial charge in [0, 0.05) is 0 Å². The van der Waals surface area contributed by atoms with E-state index in [1.54, 1.807) is 0 Å². The van der Waals surface area contributed by atoms with Gasteiger partial charge in [0.05, 0.1) is 45.2 Å². The van der Waals surface area contributed by atoms with Crippen LogP contribution < -0.4 is 18.9 Å². The molecule has 2 aliphatic heterocycles. The zero-order chi connectivity index (χ0) is 31.5. The third-order valence-corrected chi connectivity index (χ3v) is 6.95. The third kappa shape index (κ3) is 6.67. The molecule has 4 rings (SSSR count). The summed E-state index contributed by atoms with van der Waals surface area (Å²) in [6.45, 7) is -2.05. The van der Waals surface area contributed by atoms with Crippen molar-refractivity contribution >= 4 is 11.9 Å². The lowest BCUT2D eigenvalue weighted by molar-refractivity contribution is -0.319.